The summed E-state index contributed by atoms with van der Waals surface area (Å²) in [5, 5.41) is 0. The van der Waals surface area contributed by atoms with Crippen LogP contribution >= 0.6 is 0 Å². The second kappa shape index (κ2) is 7.44. The molecule has 1 fully saturated rings. The van der Waals surface area contributed by atoms with Gasteiger partial charge in [0.25, 0.3) is 0 Å². The topological polar surface area (TPSA) is 57.7 Å². The molecule has 2 aromatic carbocycles. The minimum atomic E-state index is -0.876. The van der Waals surface area contributed by atoms with Gasteiger partial charge in [-0.2, -0.15) is 4.98 Å². The van der Waals surface area contributed by atoms with E-state index < -0.39 is 22.9 Å². The van der Waals surface area contributed by atoms with Crippen molar-refractivity contribution >= 4 is 5.97 Å². The van der Waals surface area contributed by atoms with Crippen molar-refractivity contribution in [3.8, 4) is 23.3 Å². The first-order valence-corrected chi connectivity index (χ1v) is 9.65. The molecule has 4 rings (SSSR count). The summed E-state index contributed by atoms with van der Waals surface area (Å²) in [6.45, 7) is 5.67. The van der Waals surface area contributed by atoms with Crippen LogP contribution in [0.2, 0.25) is 0 Å². The van der Waals surface area contributed by atoms with Crippen molar-refractivity contribution in [3.05, 3.63) is 78.6 Å². The number of pyridine rings is 1. The number of aromatic nitrogens is 1. The van der Waals surface area contributed by atoms with Crippen LogP contribution in [0.5, 0.6) is 23.3 Å². The van der Waals surface area contributed by atoms with E-state index >= 15 is 0 Å². The molecule has 6 heteroatoms. The van der Waals surface area contributed by atoms with Crippen molar-refractivity contribution in [1.82, 2.24) is 4.98 Å². The third-order valence-electron chi connectivity index (χ3n) is 5.79. The molecule has 1 aliphatic rings. The van der Waals surface area contributed by atoms with Crippen LogP contribution in [0.15, 0.2) is 72.8 Å². The van der Waals surface area contributed by atoms with Gasteiger partial charge in [-0.25, -0.2) is 4.39 Å². The monoisotopic (exact) mass is 407 g/mol. The zero-order valence-electron chi connectivity index (χ0n) is 17.0. The number of nitrogens with zero attached hydrogens (tertiary/aromatic N) is 1. The first kappa shape index (κ1) is 19.9. The second-order valence-corrected chi connectivity index (χ2v) is 7.99. The summed E-state index contributed by atoms with van der Waals surface area (Å²) in [6, 6.07) is 20.0. The summed E-state index contributed by atoms with van der Waals surface area (Å²) >= 11 is 0. The fraction of sp³-hybridized carbons (Fsp3) is 0.250. The lowest BCUT2D eigenvalue weighted by Gasteiger charge is -2.13. The van der Waals surface area contributed by atoms with Crippen LogP contribution in [-0.4, -0.2) is 17.1 Å². The first-order valence-electron chi connectivity index (χ1n) is 9.65. The molecule has 0 amide bonds. The molecule has 30 heavy (non-hydrogen) atoms. The number of hydrogen-bond donors (Lipinski definition) is 0. The van der Waals surface area contributed by atoms with E-state index in [1.165, 1.54) is 12.1 Å². The molecule has 1 saturated carbocycles. The second-order valence-electron chi connectivity index (χ2n) is 7.99. The molecule has 1 aliphatic carbocycles. The number of halogens is 1. The van der Waals surface area contributed by atoms with Crippen molar-refractivity contribution in [2.45, 2.75) is 26.9 Å². The molecule has 154 valence electrons. The van der Waals surface area contributed by atoms with E-state index in [-0.39, 0.29) is 11.7 Å². The Balaban J connectivity index is 1.46. The maximum Gasteiger partial charge on any atom is 0.323 e. The fourth-order valence-electron chi connectivity index (χ4n) is 3.53. The Labute approximate surface area is 174 Å². The van der Waals surface area contributed by atoms with E-state index in [4.69, 9.17) is 14.2 Å². The number of rotatable bonds is 6. The van der Waals surface area contributed by atoms with Gasteiger partial charge in [0.2, 0.25) is 11.8 Å². The molecule has 2 unspecified atom stereocenters. The maximum atomic E-state index is 13.1. The highest BCUT2D eigenvalue weighted by Crippen LogP contribution is 2.65. The molecule has 0 radical (unpaired) electrons. The summed E-state index contributed by atoms with van der Waals surface area (Å²) in [7, 11) is 0. The molecular formula is C24H22FNO4. The maximum absolute atomic E-state index is 13.1. The molecule has 0 spiro atoms. The predicted molar refractivity (Wildman–Crippen MR) is 109 cm³/mol. The number of para-hydroxylation sites is 1. The average molecular weight is 407 g/mol. The number of ether oxygens (including phenoxy) is 3. The summed E-state index contributed by atoms with van der Waals surface area (Å²) in [6.07, 6.45) is -0.410. The molecule has 0 bridgehead atoms. The third kappa shape index (κ3) is 3.61. The largest absolute Gasteiger partial charge is 0.489 e. The molecule has 0 aliphatic heterocycles. The first-order chi connectivity index (χ1) is 14.3. The zero-order chi connectivity index (χ0) is 21.4. The summed E-state index contributed by atoms with van der Waals surface area (Å²) in [4.78, 5) is 17.3. The zero-order valence-corrected chi connectivity index (χ0v) is 17.0. The van der Waals surface area contributed by atoms with E-state index in [0.717, 1.165) is 0 Å². The van der Waals surface area contributed by atoms with Crippen molar-refractivity contribution in [1.29, 1.82) is 0 Å². The molecule has 3 aromatic rings. The van der Waals surface area contributed by atoms with Crippen LogP contribution in [0, 0.1) is 16.6 Å². The lowest BCUT2D eigenvalue weighted by molar-refractivity contribution is -0.142. The minimum Gasteiger partial charge on any atom is -0.489 e. The van der Waals surface area contributed by atoms with E-state index in [9.17, 15) is 9.18 Å². The molecule has 5 nitrogen and oxygen atoms in total. The highest BCUT2D eigenvalue weighted by atomic mass is 19.1. The SMILES string of the molecule is CC1(C)C(Oc2ccc(F)cc2)C1(C)C(=O)Oc1cccc(Oc2ccccc2)n1. The molecule has 2 atom stereocenters. The number of hydrogen-bond acceptors (Lipinski definition) is 5. The van der Waals surface area contributed by atoms with Gasteiger partial charge in [0.15, 0.2) is 0 Å². The smallest absolute Gasteiger partial charge is 0.323 e. The van der Waals surface area contributed by atoms with E-state index in [2.05, 4.69) is 4.98 Å². The van der Waals surface area contributed by atoms with E-state index in [1.54, 1.807) is 37.3 Å². The van der Waals surface area contributed by atoms with Gasteiger partial charge < -0.3 is 14.2 Å². The Bertz CT molecular complexity index is 1050. The van der Waals surface area contributed by atoms with E-state index in [1.807, 2.05) is 44.2 Å². The van der Waals surface area contributed by atoms with Crippen molar-refractivity contribution in [3.63, 3.8) is 0 Å². The molecule has 1 heterocycles. The van der Waals surface area contributed by atoms with Crippen LogP contribution in [0.4, 0.5) is 4.39 Å². The van der Waals surface area contributed by atoms with Crippen LogP contribution in [0.3, 0.4) is 0 Å². The number of carbonyl (C=O) groups excluding carboxylic acids is 1. The van der Waals surface area contributed by atoms with Gasteiger partial charge in [-0.15, -0.1) is 0 Å². The Morgan fingerprint density at radius 2 is 1.53 bits per heavy atom. The number of esters is 1. The van der Waals surface area contributed by atoms with Crippen molar-refractivity contribution < 1.29 is 23.4 Å². The van der Waals surface area contributed by atoms with Gasteiger partial charge in [-0.05, 0) is 43.3 Å². The highest BCUT2D eigenvalue weighted by molar-refractivity contribution is 5.84. The van der Waals surface area contributed by atoms with Crippen LogP contribution in [0.1, 0.15) is 20.8 Å². The summed E-state index contributed by atoms with van der Waals surface area (Å²) in [5.41, 5.74) is -1.34. The minimum absolute atomic E-state index is 0.151. The Morgan fingerprint density at radius 1 is 0.867 bits per heavy atom. The normalized spacial score (nSPS) is 21.5. The highest BCUT2D eigenvalue weighted by Gasteiger charge is 2.76. The molecule has 0 N–H and O–H groups in total. The van der Waals surface area contributed by atoms with Gasteiger partial charge in [-0.3, -0.25) is 4.79 Å². The Morgan fingerprint density at radius 3 is 2.23 bits per heavy atom. The third-order valence-corrected chi connectivity index (χ3v) is 5.79. The Hall–Kier alpha value is -3.41. The lowest BCUT2D eigenvalue weighted by Crippen LogP contribution is -2.26. The standard InChI is InChI=1S/C24H22FNO4/c1-23(2)21(29-18-14-12-16(25)13-15-18)24(23,3)22(27)30-20-11-7-10-19(26-20)28-17-8-5-4-6-9-17/h4-15,21H,1-3H3. The lowest BCUT2D eigenvalue weighted by atomic mass is 9.99. The van der Waals surface area contributed by atoms with Gasteiger partial charge in [0, 0.05) is 17.5 Å². The Kier molecular flexibility index (Phi) is 4.94. The summed E-state index contributed by atoms with van der Waals surface area (Å²) < 4.78 is 30.4. The fourth-order valence-corrected chi connectivity index (χ4v) is 3.53. The van der Waals surface area contributed by atoms with Gasteiger partial charge in [0.05, 0.1) is 0 Å². The van der Waals surface area contributed by atoms with E-state index in [0.29, 0.717) is 17.4 Å². The number of benzene rings is 2. The predicted octanol–water partition coefficient (Wildman–Crippen LogP) is 5.41. The molecule has 0 saturated heterocycles. The number of carbonyl (C=O) groups is 1. The average Bonchev–Trinajstić information content (AvgIpc) is 3.17. The van der Waals surface area contributed by atoms with Crippen LogP contribution < -0.4 is 14.2 Å². The van der Waals surface area contributed by atoms with Crippen LogP contribution in [-0.2, 0) is 4.79 Å². The van der Waals surface area contributed by atoms with Gasteiger partial charge in [0.1, 0.15) is 28.8 Å². The van der Waals surface area contributed by atoms with Crippen molar-refractivity contribution in [2.24, 2.45) is 10.8 Å². The molecular weight excluding hydrogens is 385 g/mol. The van der Waals surface area contributed by atoms with Crippen LogP contribution in [0.25, 0.3) is 0 Å². The van der Waals surface area contributed by atoms with Gasteiger partial charge in [-0.1, -0.05) is 38.1 Å². The molecule has 1 aromatic heterocycles. The summed E-state index contributed by atoms with van der Waals surface area (Å²) in [5.74, 6) is 0.829. The van der Waals surface area contributed by atoms with Gasteiger partial charge >= 0.3 is 5.97 Å². The van der Waals surface area contributed by atoms with Crippen molar-refractivity contribution in [2.75, 3.05) is 0 Å². The quantitative estimate of drug-likeness (QED) is 0.511.